The van der Waals surface area contributed by atoms with Crippen molar-refractivity contribution in [1.29, 1.82) is 0 Å². The van der Waals surface area contributed by atoms with Gasteiger partial charge in [-0.25, -0.2) is 14.4 Å². The molecule has 1 N–H and O–H groups in total. The maximum Gasteiger partial charge on any atom is 0.335 e. The van der Waals surface area contributed by atoms with Gasteiger partial charge in [0.05, 0.1) is 36.4 Å². The molecule has 202 valence electrons. The lowest BCUT2D eigenvalue weighted by molar-refractivity contribution is -0.252. The summed E-state index contributed by atoms with van der Waals surface area (Å²) in [7, 11) is 0. The fraction of sp³-hybridized carbons (Fsp3) is 0.741. The minimum absolute atomic E-state index is 0.0217. The third kappa shape index (κ3) is 3.56. The summed E-state index contributed by atoms with van der Waals surface area (Å²) < 4.78 is 35.9. The number of esters is 3. The molecule has 4 heterocycles. The second-order valence-corrected chi connectivity index (χ2v) is 11.8. The van der Waals surface area contributed by atoms with E-state index >= 15 is 0 Å². The zero-order valence-corrected chi connectivity index (χ0v) is 21.3. The van der Waals surface area contributed by atoms with Gasteiger partial charge in [-0.3, -0.25) is 0 Å². The summed E-state index contributed by atoms with van der Waals surface area (Å²) in [5.74, 6) is -2.38. The van der Waals surface area contributed by atoms with E-state index in [-0.39, 0.29) is 43.5 Å². The molecule has 3 unspecified atom stereocenters. The van der Waals surface area contributed by atoms with E-state index in [0.29, 0.717) is 19.4 Å². The van der Waals surface area contributed by atoms with Gasteiger partial charge < -0.3 is 33.5 Å². The number of fused-ring (bicyclic) bond motifs is 2. The standard InChI is InChI=1S/C27H34O10/c1-15-8-11-32-18(28)6-4-5-7-19(29)35-16-12-17-27(14-34-27)25(16,3)26(13-33-23(31)20(15)30)10-9-24(2)21(37-24)22(26)36-17/h4-7,15-17,20-22,30H,8-14H2,1-3H3/b6-4+,7-5-/t15?,16-,17-,20?,21+,22-,24-,25-,26-,27?/m1/s1. The van der Waals surface area contributed by atoms with Gasteiger partial charge in [-0.1, -0.05) is 26.0 Å². The van der Waals surface area contributed by atoms with E-state index < -0.39 is 52.5 Å². The third-order valence-electron chi connectivity index (χ3n) is 10.0. The number of hydrogen-bond donors (Lipinski definition) is 1. The summed E-state index contributed by atoms with van der Waals surface area (Å²) in [5, 5.41) is 10.7. The largest absolute Gasteiger partial charge is 0.463 e. The highest BCUT2D eigenvalue weighted by molar-refractivity contribution is 5.84. The van der Waals surface area contributed by atoms with E-state index in [4.69, 9.17) is 28.4 Å². The Balaban J connectivity index is 1.37. The molecule has 0 radical (unpaired) electrons. The summed E-state index contributed by atoms with van der Waals surface area (Å²) in [5.41, 5.74) is -2.40. The van der Waals surface area contributed by atoms with E-state index in [1.54, 1.807) is 6.92 Å². The number of aliphatic hydroxyl groups is 1. The first kappa shape index (κ1) is 25.0. The lowest BCUT2D eigenvalue weighted by Crippen LogP contribution is -2.69. The molecule has 3 saturated heterocycles. The Morgan fingerprint density at radius 1 is 0.946 bits per heavy atom. The molecule has 0 aromatic rings. The molecule has 0 aromatic carbocycles. The van der Waals surface area contributed by atoms with Gasteiger partial charge in [0.2, 0.25) is 0 Å². The molecule has 2 spiro atoms. The molecule has 0 amide bonds. The highest BCUT2D eigenvalue weighted by atomic mass is 16.7. The lowest BCUT2D eigenvalue weighted by Gasteiger charge is -2.58. The van der Waals surface area contributed by atoms with E-state index in [9.17, 15) is 19.5 Å². The fourth-order valence-corrected chi connectivity index (χ4v) is 7.36. The number of hydrogen-bond acceptors (Lipinski definition) is 10. The predicted octanol–water partition coefficient (Wildman–Crippen LogP) is 1.38. The number of aliphatic hydroxyl groups excluding tert-OH is 1. The Kier molecular flexibility index (Phi) is 5.66. The highest BCUT2D eigenvalue weighted by Crippen LogP contribution is 2.75. The Labute approximate surface area is 215 Å². The molecule has 37 heavy (non-hydrogen) atoms. The van der Waals surface area contributed by atoms with Crippen molar-refractivity contribution in [2.45, 2.75) is 88.2 Å². The molecule has 6 aliphatic rings. The molecule has 10 nitrogen and oxygen atoms in total. The first-order valence-electron chi connectivity index (χ1n) is 13.1. The molecule has 5 fully saturated rings. The average Bonchev–Trinajstić information content (AvgIpc) is 3.77. The molecule has 2 saturated carbocycles. The topological polar surface area (TPSA) is 133 Å². The third-order valence-corrected chi connectivity index (χ3v) is 10.0. The van der Waals surface area contributed by atoms with Crippen molar-refractivity contribution < 1.29 is 47.9 Å². The van der Waals surface area contributed by atoms with E-state index in [0.717, 1.165) is 6.42 Å². The van der Waals surface area contributed by atoms with Crippen molar-refractivity contribution >= 4 is 17.9 Å². The first-order chi connectivity index (χ1) is 17.6. The van der Waals surface area contributed by atoms with E-state index in [1.807, 2.05) is 0 Å². The maximum atomic E-state index is 13.0. The number of carbonyl (C=O) groups excluding carboxylic acids is 3. The Bertz CT molecular complexity index is 1060. The van der Waals surface area contributed by atoms with Crippen LogP contribution in [0.5, 0.6) is 0 Å². The van der Waals surface area contributed by atoms with Crippen LogP contribution < -0.4 is 0 Å². The average molecular weight is 519 g/mol. The van der Waals surface area contributed by atoms with E-state index in [1.165, 1.54) is 24.3 Å². The van der Waals surface area contributed by atoms with Gasteiger partial charge in [-0.15, -0.1) is 0 Å². The summed E-state index contributed by atoms with van der Waals surface area (Å²) in [6, 6.07) is 0. The van der Waals surface area contributed by atoms with Crippen LogP contribution in [0.15, 0.2) is 24.3 Å². The Hall–Kier alpha value is -2.27. The van der Waals surface area contributed by atoms with Crippen molar-refractivity contribution in [3.63, 3.8) is 0 Å². The Morgan fingerprint density at radius 2 is 1.68 bits per heavy atom. The lowest BCUT2D eigenvalue weighted by atomic mass is 9.50. The van der Waals surface area contributed by atoms with Crippen LogP contribution in [0.25, 0.3) is 0 Å². The molecule has 2 bridgehead atoms. The molecule has 10 atom stereocenters. The van der Waals surface area contributed by atoms with Gasteiger partial charge in [0.15, 0.2) is 6.10 Å². The van der Waals surface area contributed by atoms with Crippen molar-refractivity contribution in [3.05, 3.63) is 24.3 Å². The predicted molar refractivity (Wildman–Crippen MR) is 125 cm³/mol. The van der Waals surface area contributed by atoms with Gasteiger partial charge >= 0.3 is 17.9 Å². The number of rotatable bonds is 0. The molecule has 0 aromatic heterocycles. The van der Waals surface area contributed by atoms with Crippen LogP contribution >= 0.6 is 0 Å². The van der Waals surface area contributed by atoms with Gasteiger partial charge in [-0.05, 0) is 32.1 Å². The molecule has 6 rings (SSSR count). The molecule has 10 heteroatoms. The SMILES string of the molecule is CC1CCOC(=O)/C=C/C=C\C(=O)O[C@@H]2C[C@H]3O[C@@H]4[C@@H]5O[C@]5(C)CC[C@]4(COC(=O)C1O)[C@]2(C)C31CO1. The smallest absolute Gasteiger partial charge is 0.335 e. The molecular weight excluding hydrogens is 484 g/mol. The number of cyclic esters (lactones) is 2. The van der Waals surface area contributed by atoms with Gasteiger partial charge in [0.1, 0.15) is 24.4 Å². The zero-order valence-electron chi connectivity index (χ0n) is 21.3. The number of allylic oxidation sites excluding steroid dienone is 2. The quantitative estimate of drug-likeness (QED) is 0.285. The second-order valence-electron chi connectivity index (χ2n) is 11.8. The minimum atomic E-state index is -1.38. The summed E-state index contributed by atoms with van der Waals surface area (Å²) >= 11 is 0. The van der Waals surface area contributed by atoms with Crippen LogP contribution in [0.3, 0.4) is 0 Å². The number of carbonyl (C=O) groups is 3. The van der Waals surface area contributed by atoms with Crippen LogP contribution in [0, 0.1) is 16.7 Å². The summed E-state index contributed by atoms with van der Waals surface area (Å²) in [6.07, 6.45) is 4.66. The van der Waals surface area contributed by atoms with E-state index in [2.05, 4.69) is 13.8 Å². The van der Waals surface area contributed by atoms with Gasteiger partial charge in [0.25, 0.3) is 0 Å². The number of epoxide rings is 2. The Morgan fingerprint density at radius 3 is 2.41 bits per heavy atom. The monoisotopic (exact) mass is 518 g/mol. The van der Waals surface area contributed by atoms with Crippen LogP contribution in [0.4, 0.5) is 0 Å². The zero-order chi connectivity index (χ0) is 26.2. The normalized spacial score (nSPS) is 52.9. The van der Waals surface area contributed by atoms with Gasteiger partial charge in [-0.2, -0.15) is 0 Å². The number of ether oxygens (including phenoxy) is 6. The maximum absolute atomic E-state index is 13.0. The summed E-state index contributed by atoms with van der Waals surface area (Å²) in [4.78, 5) is 37.7. The van der Waals surface area contributed by atoms with Crippen LogP contribution in [0.2, 0.25) is 0 Å². The van der Waals surface area contributed by atoms with Crippen molar-refractivity contribution in [1.82, 2.24) is 0 Å². The van der Waals surface area contributed by atoms with Crippen molar-refractivity contribution in [2.24, 2.45) is 16.7 Å². The van der Waals surface area contributed by atoms with Crippen molar-refractivity contribution in [2.75, 3.05) is 19.8 Å². The van der Waals surface area contributed by atoms with Gasteiger partial charge in [0, 0.05) is 24.0 Å². The summed E-state index contributed by atoms with van der Waals surface area (Å²) in [6.45, 7) is 6.30. The van der Waals surface area contributed by atoms with Crippen LogP contribution in [0.1, 0.15) is 46.5 Å². The van der Waals surface area contributed by atoms with Crippen LogP contribution in [-0.4, -0.2) is 84.6 Å². The second kappa shape index (κ2) is 8.36. The molecule has 4 aliphatic heterocycles. The first-order valence-corrected chi connectivity index (χ1v) is 13.1. The fourth-order valence-electron chi connectivity index (χ4n) is 7.36. The molecular formula is C27H34O10. The highest BCUT2D eigenvalue weighted by Gasteiger charge is 2.86. The van der Waals surface area contributed by atoms with Crippen molar-refractivity contribution in [3.8, 4) is 0 Å². The van der Waals surface area contributed by atoms with Crippen LogP contribution in [-0.2, 0) is 42.8 Å². The minimum Gasteiger partial charge on any atom is -0.463 e. The molecule has 2 aliphatic carbocycles.